The van der Waals surface area contributed by atoms with E-state index in [4.69, 9.17) is 14.6 Å². The van der Waals surface area contributed by atoms with Crippen molar-refractivity contribution in [3.63, 3.8) is 0 Å². The number of morpholine rings is 1. The highest BCUT2D eigenvalue weighted by Crippen LogP contribution is 2.34. The molecule has 2 atom stereocenters. The lowest BCUT2D eigenvalue weighted by atomic mass is 9.92. The summed E-state index contributed by atoms with van der Waals surface area (Å²) in [6, 6.07) is 8.20. The Morgan fingerprint density at radius 2 is 2.19 bits per heavy atom. The van der Waals surface area contributed by atoms with Crippen LogP contribution in [0.15, 0.2) is 24.3 Å². The van der Waals surface area contributed by atoms with Crippen molar-refractivity contribution < 1.29 is 19.4 Å². The number of nitrogens with zero attached hydrogens (tertiary/aromatic N) is 1. The largest absolute Gasteiger partial charge is 0.493 e. The zero-order valence-corrected chi connectivity index (χ0v) is 12.0. The molecule has 2 heterocycles. The van der Waals surface area contributed by atoms with Gasteiger partial charge in [-0.25, -0.2) is 0 Å². The summed E-state index contributed by atoms with van der Waals surface area (Å²) < 4.78 is 11.2. The van der Waals surface area contributed by atoms with Gasteiger partial charge >= 0.3 is 5.97 Å². The van der Waals surface area contributed by atoms with Crippen molar-refractivity contribution in [1.29, 1.82) is 0 Å². The molecule has 2 aliphatic rings. The molecule has 1 aromatic carbocycles. The van der Waals surface area contributed by atoms with Crippen molar-refractivity contribution in [3.8, 4) is 5.75 Å². The number of hydrogen-bond acceptors (Lipinski definition) is 4. The molecule has 0 amide bonds. The molecule has 1 saturated heterocycles. The number of carboxylic acid groups (broad SMARTS) is 1. The van der Waals surface area contributed by atoms with Gasteiger partial charge in [-0.15, -0.1) is 0 Å². The number of carbonyl (C=O) groups is 1. The van der Waals surface area contributed by atoms with E-state index < -0.39 is 5.97 Å². The van der Waals surface area contributed by atoms with E-state index in [0.29, 0.717) is 19.1 Å². The van der Waals surface area contributed by atoms with E-state index in [2.05, 4.69) is 11.0 Å². The Kier molecular flexibility index (Phi) is 4.41. The molecule has 1 N–H and O–H groups in total. The van der Waals surface area contributed by atoms with Gasteiger partial charge < -0.3 is 14.6 Å². The monoisotopic (exact) mass is 291 g/mol. The minimum Gasteiger partial charge on any atom is -0.493 e. The molecule has 5 nitrogen and oxygen atoms in total. The zero-order chi connectivity index (χ0) is 14.7. The van der Waals surface area contributed by atoms with Crippen LogP contribution in [0.3, 0.4) is 0 Å². The summed E-state index contributed by atoms with van der Waals surface area (Å²) in [6.07, 6.45) is 0.907. The molecule has 0 bridgehead atoms. The standard InChI is InChI=1S/C16H21NO4/c18-16(19)9-13-11-17(6-8-20-13)10-12-5-7-21-15-4-2-1-3-14(12)15/h1-4,12-13H,5-11H2,(H,18,19). The van der Waals surface area contributed by atoms with Crippen molar-refractivity contribution in [2.24, 2.45) is 0 Å². The van der Waals surface area contributed by atoms with E-state index in [0.717, 1.165) is 31.9 Å². The lowest BCUT2D eigenvalue weighted by Crippen LogP contribution is -2.45. The SMILES string of the molecule is O=C(O)CC1CN(CC2CCOc3ccccc32)CCO1. The Bertz CT molecular complexity index is 505. The highest BCUT2D eigenvalue weighted by atomic mass is 16.5. The first kappa shape index (κ1) is 14.4. The van der Waals surface area contributed by atoms with Crippen LogP contribution < -0.4 is 4.74 Å². The fourth-order valence-corrected chi connectivity index (χ4v) is 3.18. The van der Waals surface area contributed by atoms with E-state index in [9.17, 15) is 4.79 Å². The number of para-hydroxylation sites is 1. The Labute approximate surface area is 124 Å². The number of fused-ring (bicyclic) bond motifs is 1. The summed E-state index contributed by atoms with van der Waals surface area (Å²) in [6.45, 7) is 3.88. The molecular formula is C16H21NO4. The summed E-state index contributed by atoms with van der Waals surface area (Å²) in [5.41, 5.74) is 1.27. The molecule has 0 aliphatic carbocycles. The minimum absolute atomic E-state index is 0.0842. The van der Waals surface area contributed by atoms with Crippen molar-refractivity contribution >= 4 is 5.97 Å². The van der Waals surface area contributed by atoms with Crippen LogP contribution >= 0.6 is 0 Å². The number of ether oxygens (including phenoxy) is 2. The quantitative estimate of drug-likeness (QED) is 0.915. The van der Waals surface area contributed by atoms with Gasteiger partial charge in [0.2, 0.25) is 0 Å². The second-order valence-corrected chi connectivity index (χ2v) is 5.72. The first-order valence-corrected chi connectivity index (χ1v) is 7.50. The summed E-state index contributed by atoms with van der Waals surface area (Å²) in [5, 5.41) is 8.89. The molecule has 5 heteroatoms. The van der Waals surface area contributed by atoms with E-state index in [1.165, 1.54) is 5.56 Å². The summed E-state index contributed by atoms with van der Waals surface area (Å²) in [5.74, 6) is 0.654. The number of rotatable bonds is 4. The lowest BCUT2D eigenvalue weighted by molar-refractivity contribution is -0.142. The Morgan fingerprint density at radius 1 is 1.33 bits per heavy atom. The second kappa shape index (κ2) is 6.45. The van der Waals surface area contributed by atoms with Gasteiger partial charge in [0.05, 0.1) is 25.7 Å². The molecule has 2 unspecified atom stereocenters. The molecule has 114 valence electrons. The van der Waals surface area contributed by atoms with Gasteiger partial charge in [-0.05, 0) is 18.1 Å². The Balaban J connectivity index is 1.63. The number of carboxylic acids is 1. The third kappa shape index (κ3) is 3.54. The molecule has 0 saturated carbocycles. The fraction of sp³-hybridized carbons (Fsp3) is 0.562. The van der Waals surface area contributed by atoms with Crippen molar-refractivity contribution in [3.05, 3.63) is 29.8 Å². The predicted molar refractivity (Wildman–Crippen MR) is 77.7 cm³/mol. The van der Waals surface area contributed by atoms with Gasteiger partial charge in [0.15, 0.2) is 0 Å². The van der Waals surface area contributed by atoms with Crippen LogP contribution in [0.5, 0.6) is 5.75 Å². The average Bonchev–Trinajstić information content (AvgIpc) is 2.47. The third-order valence-electron chi connectivity index (χ3n) is 4.19. The maximum atomic E-state index is 10.8. The molecule has 0 radical (unpaired) electrons. The fourth-order valence-electron chi connectivity index (χ4n) is 3.18. The maximum absolute atomic E-state index is 10.8. The molecule has 1 fully saturated rings. The van der Waals surface area contributed by atoms with Crippen molar-refractivity contribution in [2.45, 2.75) is 24.9 Å². The van der Waals surface area contributed by atoms with Gasteiger partial charge in [-0.3, -0.25) is 9.69 Å². The lowest BCUT2D eigenvalue weighted by Gasteiger charge is -2.36. The Hall–Kier alpha value is -1.59. The van der Waals surface area contributed by atoms with E-state index in [-0.39, 0.29) is 12.5 Å². The van der Waals surface area contributed by atoms with Gasteiger partial charge in [-0.2, -0.15) is 0 Å². The predicted octanol–water partition coefficient (Wildman–Crippen LogP) is 1.73. The Morgan fingerprint density at radius 3 is 3.05 bits per heavy atom. The zero-order valence-electron chi connectivity index (χ0n) is 12.0. The topological polar surface area (TPSA) is 59.0 Å². The molecule has 2 aliphatic heterocycles. The number of hydrogen-bond donors (Lipinski definition) is 1. The third-order valence-corrected chi connectivity index (χ3v) is 4.19. The van der Waals surface area contributed by atoms with E-state index in [1.54, 1.807) is 0 Å². The number of aliphatic carboxylic acids is 1. The summed E-state index contributed by atoms with van der Waals surface area (Å²) in [7, 11) is 0. The van der Waals surface area contributed by atoms with Crippen LogP contribution in [0.25, 0.3) is 0 Å². The van der Waals surface area contributed by atoms with E-state index in [1.807, 2.05) is 18.2 Å². The molecule has 21 heavy (non-hydrogen) atoms. The van der Waals surface area contributed by atoms with Gasteiger partial charge in [0.1, 0.15) is 5.75 Å². The van der Waals surface area contributed by atoms with Crippen LogP contribution in [0.4, 0.5) is 0 Å². The van der Waals surface area contributed by atoms with Crippen LogP contribution in [-0.4, -0.2) is 54.9 Å². The first-order chi connectivity index (χ1) is 10.2. The second-order valence-electron chi connectivity index (χ2n) is 5.72. The van der Waals surface area contributed by atoms with Crippen molar-refractivity contribution in [1.82, 2.24) is 4.90 Å². The highest BCUT2D eigenvalue weighted by molar-refractivity contribution is 5.67. The maximum Gasteiger partial charge on any atom is 0.306 e. The molecule has 0 aromatic heterocycles. The van der Waals surface area contributed by atoms with Crippen LogP contribution in [0.1, 0.15) is 24.3 Å². The van der Waals surface area contributed by atoms with E-state index >= 15 is 0 Å². The van der Waals surface area contributed by atoms with Gasteiger partial charge in [0, 0.05) is 25.6 Å². The number of benzene rings is 1. The first-order valence-electron chi connectivity index (χ1n) is 7.50. The molecule has 3 rings (SSSR count). The smallest absolute Gasteiger partial charge is 0.306 e. The average molecular weight is 291 g/mol. The minimum atomic E-state index is -0.793. The van der Waals surface area contributed by atoms with Crippen LogP contribution in [0, 0.1) is 0 Å². The van der Waals surface area contributed by atoms with Crippen LogP contribution in [0.2, 0.25) is 0 Å². The van der Waals surface area contributed by atoms with Gasteiger partial charge in [0.25, 0.3) is 0 Å². The highest BCUT2D eigenvalue weighted by Gasteiger charge is 2.27. The molecule has 1 aromatic rings. The summed E-state index contributed by atoms with van der Waals surface area (Å²) in [4.78, 5) is 13.1. The van der Waals surface area contributed by atoms with Crippen molar-refractivity contribution in [2.75, 3.05) is 32.8 Å². The normalized spacial score (nSPS) is 25.9. The van der Waals surface area contributed by atoms with Gasteiger partial charge in [-0.1, -0.05) is 18.2 Å². The summed E-state index contributed by atoms with van der Waals surface area (Å²) >= 11 is 0. The molecule has 0 spiro atoms. The molecular weight excluding hydrogens is 270 g/mol. The van der Waals surface area contributed by atoms with Crippen LogP contribution in [-0.2, 0) is 9.53 Å².